The van der Waals surface area contributed by atoms with Gasteiger partial charge in [-0.05, 0) is 6.92 Å². The van der Waals surface area contributed by atoms with Crippen LogP contribution in [0.5, 0.6) is 0 Å². The lowest BCUT2D eigenvalue weighted by Crippen LogP contribution is -2.54. The fraction of sp³-hybridized carbons (Fsp3) is 0.667. The van der Waals surface area contributed by atoms with Gasteiger partial charge in [-0.1, -0.05) is 0 Å². The zero-order valence-corrected chi connectivity index (χ0v) is 7.98. The van der Waals surface area contributed by atoms with E-state index in [-0.39, 0.29) is 0 Å². The smallest absolute Gasteiger partial charge is 0.0534 e. The predicted octanol–water partition coefficient (Wildman–Crippen LogP) is 0.0459. The molecule has 1 aliphatic heterocycles. The van der Waals surface area contributed by atoms with Gasteiger partial charge in [-0.15, -0.1) is 0 Å². The predicted molar refractivity (Wildman–Crippen MR) is 51.2 cm³/mol. The molecule has 0 amide bonds. The molecule has 0 atom stereocenters. The van der Waals surface area contributed by atoms with Gasteiger partial charge in [-0.3, -0.25) is 9.58 Å². The van der Waals surface area contributed by atoms with E-state index in [0.717, 1.165) is 26.2 Å². The van der Waals surface area contributed by atoms with Crippen molar-refractivity contribution in [1.82, 2.24) is 14.7 Å². The highest BCUT2D eigenvalue weighted by molar-refractivity contribution is 5.05. The van der Waals surface area contributed by atoms with Crippen molar-refractivity contribution >= 4 is 0 Å². The summed E-state index contributed by atoms with van der Waals surface area (Å²) in [5, 5.41) is 4.22. The van der Waals surface area contributed by atoms with Crippen molar-refractivity contribution in [2.75, 3.05) is 13.1 Å². The summed E-state index contributed by atoms with van der Waals surface area (Å²) in [4.78, 5) is 2.34. The molecule has 2 heterocycles. The summed E-state index contributed by atoms with van der Waals surface area (Å²) >= 11 is 0. The Labute approximate surface area is 78.3 Å². The van der Waals surface area contributed by atoms with Crippen molar-refractivity contribution in [3.8, 4) is 0 Å². The molecule has 4 nitrogen and oxygen atoms in total. The van der Waals surface area contributed by atoms with Crippen LogP contribution in [0.1, 0.15) is 12.5 Å². The topological polar surface area (TPSA) is 47.1 Å². The van der Waals surface area contributed by atoms with Crippen molar-refractivity contribution < 1.29 is 0 Å². The molecule has 1 saturated heterocycles. The molecule has 13 heavy (non-hydrogen) atoms. The quantitative estimate of drug-likeness (QED) is 0.714. The first-order chi connectivity index (χ1) is 6.28. The minimum absolute atomic E-state index is 0.390. The second kappa shape index (κ2) is 3.47. The molecule has 0 bridgehead atoms. The maximum absolute atomic E-state index is 5.69. The summed E-state index contributed by atoms with van der Waals surface area (Å²) in [6.07, 6.45) is 4.04. The maximum atomic E-state index is 5.69. The molecule has 1 aromatic heterocycles. The van der Waals surface area contributed by atoms with Crippen molar-refractivity contribution in [3.05, 3.63) is 18.0 Å². The first kappa shape index (κ1) is 8.72. The van der Waals surface area contributed by atoms with Gasteiger partial charge < -0.3 is 5.73 Å². The highest BCUT2D eigenvalue weighted by Crippen LogP contribution is 2.10. The number of aryl methyl sites for hydroxylation is 1. The first-order valence-corrected chi connectivity index (χ1v) is 4.77. The van der Waals surface area contributed by atoms with Crippen LogP contribution in [0.25, 0.3) is 0 Å². The van der Waals surface area contributed by atoms with Crippen LogP contribution in [0.2, 0.25) is 0 Å². The van der Waals surface area contributed by atoms with Gasteiger partial charge in [0.2, 0.25) is 0 Å². The molecule has 0 aliphatic carbocycles. The lowest BCUT2D eigenvalue weighted by molar-refractivity contribution is 0.142. The second-order valence-electron chi connectivity index (χ2n) is 3.66. The number of nitrogens with two attached hydrogens (primary N) is 1. The van der Waals surface area contributed by atoms with Crippen LogP contribution < -0.4 is 5.73 Å². The van der Waals surface area contributed by atoms with Crippen LogP contribution in [0.4, 0.5) is 0 Å². The van der Waals surface area contributed by atoms with E-state index in [0.29, 0.717) is 6.04 Å². The Kier molecular flexibility index (Phi) is 2.33. The number of likely N-dealkylation sites (tertiary alicyclic amines) is 1. The molecule has 2 N–H and O–H groups in total. The molecule has 4 heteroatoms. The van der Waals surface area contributed by atoms with Crippen LogP contribution in [0.15, 0.2) is 12.4 Å². The first-order valence-electron chi connectivity index (χ1n) is 4.77. The van der Waals surface area contributed by atoms with E-state index in [9.17, 15) is 0 Å². The van der Waals surface area contributed by atoms with E-state index in [4.69, 9.17) is 5.73 Å². The Morgan fingerprint density at radius 1 is 1.62 bits per heavy atom. The number of nitrogens with zero attached hydrogens (tertiary/aromatic N) is 3. The number of hydrogen-bond acceptors (Lipinski definition) is 3. The van der Waals surface area contributed by atoms with Gasteiger partial charge in [0.1, 0.15) is 0 Å². The third kappa shape index (κ3) is 1.89. The molecule has 2 rings (SSSR count). The van der Waals surface area contributed by atoms with Crippen LogP contribution in [-0.2, 0) is 13.1 Å². The van der Waals surface area contributed by atoms with Gasteiger partial charge in [0, 0.05) is 44.0 Å². The molecule has 1 aliphatic rings. The Morgan fingerprint density at radius 3 is 2.92 bits per heavy atom. The van der Waals surface area contributed by atoms with Gasteiger partial charge >= 0.3 is 0 Å². The molecule has 1 fully saturated rings. The second-order valence-corrected chi connectivity index (χ2v) is 3.66. The van der Waals surface area contributed by atoms with Crippen LogP contribution in [0.3, 0.4) is 0 Å². The number of aromatic nitrogens is 2. The van der Waals surface area contributed by atoms with Crippen LogP contribution >= 0.6 is 0 Å². The molecule has 0 radical (unpaired) electrons. The van der Waals surface area contributed by atoms with Gasteiger partial charge in [0.15, 0.2) is 0 Å². The van der Waals surface area contributed by atoms with E-state index >= 15 is 0 Å². The number of rotatable bonds is 3. The Hall–Kier alpha value is -0.870. The summed E-state index contributed by atoms with van der Waals surface area (Å²) in [7, 11) is 0. The Balaban J connectivity index is 1.87. The molecule has 1 aromatic rings. The Bertz CT molecular complexity index is 275. The summed E-state index contributed by atoms with van der Waals surface area (Å²) in [5.41, 5.74) is 6.98. The molecule has 0 unspecified atom stereocenters. The lowest BCUT2D eigenvalue weighted by atomic mass is 10.1. The summed E-state index contributed by atoms with van der Waals surface area (Å²) in [5.74, 6) is 0. The average molecular weight is 180 g/mol. The van der Waals surface area contributed by atoms with Gasteiger partial charge in [0.25, 0.3) is 0 Å². The fourth-order valence-electron chi connectivity index (χ4n) is 1.66. The van der Waals surface area contributed by atoms with E-state index in [2.05, 4.69) is 23.1 Å². The van der Waals surface area contributed by atoms with Gasteiger partial charge in [-0.2, -0.15) is 5.10 Å². The monoisotopic (exact) mass is 180 g/mol. The molecule has 0 aromatic carbocycles. The molecule has 72 valence electrons. The van der Waals surface area contributed by atoms with Gasteiger partial charge in [0.05, 0.1) is 6.20 Å². The SMILES string of the molecule is CCn1cc(CN2CC(N)C2)cn1. The van der Waals surface area contributed by atoms with E-state index in [1.165, 1.54) is 5.56 Å². The van der Waals surface area contributed by atoms with Crippen molar-refractivity contribution in [3.63, 3.8) is 0 Å². The summed E-state index contributed by atoms with van der Waals surface area (Å²) in [6.45, 7) is 6.08. The number of hydrogen-bond donors (Lipinski definition) is 1. The highest BCUT2D eigenvalue weighted by atomic mass is 15.3. The van der Waals surface area contributed by atoms with E-state index < -0.39 is 0 Å². The van der Waals surface area contributed by atoms with Gasteiger partial charge in [-0.25, -0.2) is 0 Å². The summed E-state index contributed by atoms with van der Waals surface area (Å²) < 4.78 is 1.95. The van der Waals surface area contributed by atoms with Crippen molar-refractivity contribution in [2.45, 2.75) is 26.1 Å². The van der Waals surface area contributed by atoms with Crippen LogP contribution in [0, 0.1) is 0 Å². The molecule has 0 spiro atoms. The van der Waals surface area contributed by atoms with E-state index in [1.807, 2.05) is 10.9 Å². The highest BCUT2D eigenvalue weighted by Gasteiger charge is 2.22. The van der Waals surface area contributed by atoms with Crippen molar-refractivity contribution in [1.29, 1.82) is 0 Å². The zero-order valence-electron chi connectivity index (χ0n) is 7.98. The van der Waals surface area contributed by atoms with Crippen LogP contribution in [-0.4, -0.2) is 33.8 Å². The minimum atomic E-state index is 0.390. The van der Waals surface area contributed by atoms with Crippen molar-refractivity contribution in [2.24, 2.45) is 5.73 Å². The maximum Gasteiger partial charge on any atom is 0.0534 e. The molecular weight excluding hydrogens is 164 g/mol. The third-order valence-corrected chi connectivity index (χ3v) is 2.40. The average Bonchev–Trinajstić information content (AvgIpc) is 2.50. The third-order valence-electron chi connectivity index (χ3n) is 2.40. The molecular formula is C9H16N4. The zero-order chi connectivity index (χ0) is 9.26. The largest absolute Gasteiger partial charge is 0.325 e. The minimum Gasteiger partial charge on any atom is -0.325 e. The lowest BCUT2D eigenvalue weighted by Gasteiger charge is -2.36. The normalized spacial score (nSPS) is 18.9. The standard InChI is InChI=1S/C9H16N4/c1-2-13-5-8(3-11-13)4-12-6-9(10)7-12/h3,5,9H,2,4,6-7,10H2,1H3. The Morgan fingerprint density at radius 2 is 2.38 bits per heavy atom. The molecule has 0 saturated carbocycles. The van der Waals surface area contributed by atoms with E-state index in [1.54, 1.807) is 0 Å². The summed E-state index contributed by atoms with van der Waals surface area (Å²) in [6, 6.07) is 0.390. The fourth-order valence-corrected chi connectivity index (χ4v) is 1.66.